The van der Waals surface area contributed by atoms with Gasteiger partial charge in [-0.1, -0.05) is 36.3 Å². The number of aliphatic hydroxyl groups is 1. The lowest BCUT2D eigenvalue weighted by atomic mass is 9.75. The van der Waals surface area contributed by atoms with Gasteiger partial charge in [0, 0.05) is 11.8 Å². The van der Waals surface area contributed by atoms with Crippen LogP contribution in [0.4, 0.5) is 0 Å². The summed E-state index contributed by atoms with van der Waals surface area (Å²) >= 11 is 0. The summed E-state index contributed by atoms with van der Waals surface area (Å²) in [5.41, 5.74) is 4.15. The van der Waals surface area contributed by atoms with Crippen LogP contribution in [0.5, 0.6) is 0 Å². The molecule has 3 rings (SSSR count). The van der Waals surface area contributed by atoms with Gasteiger partial charge < -0.3 is 9.84 Å². The van der Waals surface area contributed by atoms with Crippen molar-refractivity contribution in [3.63, 3.8) is 0 Å². The van der Waals surface area contributed by atoms with Crippen molar-refractivity contribution in [2.24, 2.45) is 23.7 Å². The van der Waals surface area contributed by atoms with Crippen LogP contribution in [0, 0.1) is 23.7 Å². The maximum Gasteiger partial charge on any atom is 0.0835 e. The van der Waals surface area contributed by atoms with E-state index >= 15 is 0 Å². The molecule has 1 saturated heterocycles. The number of rotatable bonds is 4. The maximum atomic E-state index is 11.1. The number of hydrogen-bond acceptors (Lipinski definition) is 2. The lowest BCUT2D eigenvalue weighted by Gasteiger charge is -2.33. The van der Waals surface area contributed by atoms with Crippen LogP contribution in [0.3, 0.4) is 0 Å². The molecule has 6 atom stereocenters. The van der Waals surface area contributed by atoms with E-state index in [1.54, 1.807) is 0 Å². The van der Waals surface area contributed by atoms with E-state index in [4.69, 9.17) is 4.74 Å². The van der Waals surface area contributed by atoms with Gasteiger partial charge in [-0.25, -0.2) is 0 Å². The smallest absolute Gasteiger partial charge is 0.0835 e. The first-order valence-corrected chi connectivity index (χ1v) is 8.79. The van der Waals surface area contributed by atoms with Gasteiger partial charge in [0.25, 0.3) is 0 Å². The molecule has 1 N–H and O–H groups in total. The van der Waals surface area contributed by atoms with Crippen molar-refractivity contribution in [3.05, 3.63) is 34.9 Å². The minimum atomic E-state index is -0.233. The number of hydrogen-bond donors (Lipinski definition) is 1. The summed E-state index contributed by atoms with van der Waals surface area (Å²) in [5, 5.41) is 11.1. The van der Waals surface area contributed by atoms with Crippen LogP contribution in [0.2, 0.25) is 0 Å². The predicted molar refractivity (Wildman–Crippen MR) is 90.5 cm³/mol. The van der Waals surface area contributed by atoms with Crippen LogP contribution in [-0.4, -0.2) is 23.9 Å². The standard InChI is InChI=1S/C20H30O2/c1-12(2)6-5-7-13(3)16-9-8-15-11-22-17-10-14(4)18(19(15)17)20(16)21/h6,8,10,13,16-21H,5,7,9,11H2,1-4H3/t13?,16-,17+,18+,19+,20+/m0/s1. The monoisotopic (exact) mass is 302 g/mol. The Bertz CT molecular complexity index is 510. The van der Waals surface area contributed by atoms with E-state index in [0.29, 0.717) is 17.8 Å². The van der Waals surface area contributed by atoms with E-state index < -0.39 is 0 Å². The summed E-state index contributed by atoms with van der Waals surface area (Å²) in [6.45, 7) is 9.56. The van der Waals surface area contributed by atoms with Crippen molar-refractivity contribution in [2.75, 3.05) is 6.61 Å². The second-order valence-corrected chi connectivity index (χ2v) is 7.74. The van der Waals surface area contributed by atoms with Gasteiger partial charge in [-0.05, 0) is 57.4 Å². The number of aliphatic hydroxyl groups excluding tert-OH is 1. The highest BCUT2D eigenvalue weighted by atomic mass is 16.5. The second kappa shape index (κ2) is 6.33. The average Bonchev–Trinajstić information content (AvgIpc) is 2.91. The Morgan fingerprint density at radius 2 is 2.18 bits per heavy atom. The molecule has 3 aliphatic rings. The van der Waals surface area contributed by atoms with E-state index in [0.717, 1.165) is 25.9 Å². The van der Waals surface area contributed by atoms with E-state index in [1.807, 2.05) is 0 Å². The number of ether oxygens (including phenoxy) is 1. The fourth-order valence-electron chi connectivity index (χ4n) is 4.63. The lowest BCUT2D eigenvalue weighted by molar-refractivity contribution is 0.0197. The van der Waals surface area contributed by atoms with Gasteiger partial charge in [0.05, 0.1) is 18.8 Å². The Hall–Kier alpha value is -0.860. The topological polar surface area (TPSA) is 29.5 Å². The van der Waals surface area contributed by atoms with Gasteiger partial charge in [-0.3, -0.25) is 0 Å². The van der Waals surface area contributed by atoms with Gasteiger partial charge in [0.15, 0.2) is 0 Å². The molecule has 22 heavy (non-hydrogen) atoms. The Kier molecular flexibility index (Phi) is 4.61. The molecule has 1 heterocycles. The van der Waals surface area contributed by atoms with Crippen LogP contribution in [0.25, 0.3) is 0 Å². The minimum Gasteiger partial charge on any atom is -0.392 e. The fraction of sp³-hybridized carbons (Fsp3) is 0.700. The SMILES string of the molecule is CC(C)=CCCC(C)[C@@H]1CC=C2CO[C@@H]3C=C(C)[C@@H]([C@@H]1O)[C@H]23. The van der Waals surface area contributed by atoms with Gasteiger partial charge >= 0.3 is 0 Å². The first-order chi connectivity index (χ1) is 10.5. The van der Waals surface area contributed by atoms with E-state index in [-0.39, 0.29) is 18.1 Å². The summed E-state index contributed by atoms with van der Waals surface area (Å²) < 4.78 is 5.89. The van der Waals surface area contributed by atoms with Gasteiger partial charge in [-0.2, -0.15) is 0 Å². The molecule has 2 aliphatic carbocycles. The molecule has 0 aromatic carbocycles. The van der Waals surface area contributed by atoms with Gasteiger partial charge in [0.1, 0.15) is 0 Å². The van der Waals surface area contributed by atoms with Crippen LogP contribution < -0.4 is 0 Å². The largest absolute Gasteiger partial charge is 0.392 e. The Balaban J connectivity index is 1.75. The molecule has 0 saturated carbocycles. The molecule has 1 aliphatic heterocycles. The molecule has 0 amide bonds. The predicted octanol–water partition coefficient (Wildman–Crippen LogP) is 4.27. The van der Waals surface area contributed by atoms with Crippen LogP contribution in [-0.2, 0) is 4.74 Å². The van der Waals surface area contributed by atoms with Crippen molar-refractivity contribution in [1.29, 1.82) is 0 Å². The molecular weight excluding hydrogens is 272 g/mol. The summed E-state index contributed by atoms with van der Waals surface area (Å²) in [5.74, 6) is 1.60. The first kappa shape index (κ1) is 16.0. The van der Waals surface area contributed by atoms with Crippen molar-refractivity contribution in [3.8, 4) is 0 Å². The summed E-state index contributed by atoms with van der Waals surface area (Å²) in [4.78, 5) is 0. The van der Waals surface area contributed by atoms with E-state index in [2.05, 4.69) is 45.9 Å². The molecule has 0 bridgehead atoms. The average molecular weight is 302 g/mol. The second-order valence-electron chi connectivity index (χ2n) is 7.74. The Morgan fingerprint density at radius 1 is 1.41 bits per heavy atom. The maximum absolute atomic E-state index is 11.1. The van der Waals surface area contributed by atoms with Crippen molar-refractivity contribution >= 4 is 0 Å². The van der Waals surface area contributed by atoms with Crippen LogP contribution in [0.1, 0.15) is 47.0 Å². The lowest BCUT2D eigenvalue weighted by Crippen LogP contribution is -2.36. The minimum absolute atomic E-state index is 0.214. The molecule has 0 spiro atoms. The molecular formula is C20H30O2. The summed E-state index contributed by atoms with van der Waals surface area (Å²) in [6, 6.07) is 0. The van der Waals surface area contributed by atoms with Crippen LogP contribution in [0.15, 0.2) is 34.9 Å². The molecule has 1 unspecified atom stereocenters. The molecule has 2 heteroatoms. The highest BCUT2D eigenvalue weighted by Crippen LogP contribution is 2.49. The first-order valence-electron chi connectivity index (χ1n) is 8.79. The number of allylic oxidation sites excluding steroid dienone is 3. The summed E-state index contributed by atoms with van der Waals surface area (Å²) in [7, 11) is 0. The van der Waals surface area contributed by atoms with Crippen molar-refractivity contribution < 1.29 is 9.84 Å². The van der Waals surface area contributed by atoms with Crippen LogP contribution >= 0.6 is 0 Å². The fourth-order valence-corrected chi connectivity index (χ4v) is 4.63. The zero-order valence-electron chi connectivity index (χ0n) is 14.4. The molecule has 0 radical (unpaired) electrons. The Labute approximate surface area is 134 Å². The Morgan fingerprint density at radius 3 is 2.91 bits per heavy atom. The zero-order valence-corrected chi connectivity index (χ0v) is 14.4. The molecule has 122 valence electrons. The molecule has 0 aromatic heterocycles. The third-order valence-corrected chi connectivity index (χ3v) is 5.93. The third-order valence-electron chi connectivity index (χ3n) is 5.93. The molecule has 0 aromatic rings. The highest BCUT2D eigenvalue weighted by molar-refractivity contribution is 5.33. The third kappa shape index (κ3) is 2.83. The van der Waals surface area contributed by atoms with Crippen molar-refractivity contribution in [2.45, 2.75) is 59.2 Å². The van der Waals surface area contributed by atoms with E-state index in [9.17, 15) is 5.11 Å². The molecule has 1 fully saturated rings. The highest BCUT2D eigenvalue weighted by Gasteiger charge is 2.49. The molecule has 2 nitrogen and oxygen atoms in total. The van der Waals surface area contributed by atoms with Gasteiger partial charge in [0.2, 0.25) is 0 Å². The summed E-state index contributed by atoms with van der Waals surface area (Å²) in [6.07, 6.45) is 10.2. The zero-order chi connectivity index (χ0) is 15.9. The quantitative estimate of drug-likeness (QED) is 0.786. The van der Waals surface area contributed by atoms with Crippen molar-refractivity contribution in [1.82, 2.24) is 0 Å². The van der Waals surface area contributed by atoms with E-state index in [1.165, 1.54) is 16.7 Å². The normalized spacial score (nSPS) is 38.0. The van der Waals surface area contributed by atoms with Gasteiger partial charge in [-0.15, -0.1) is 0 Å².